The van der Waals surface area contributed by atoms with E-state index in [0.29, 0.717) is 32.1 Å². The monoisotopic (exact) mass is 324 g/mol. The third-order valence-corrected chi connectivity index (χ3v) is 3.36. The van der Waals surface area contributed by atoms with E-state index >= 15 is 0 Å². The third kappa shape index (κ3) is 9.06. The van der Waals surface area contributed by atoms with E-state index in [2.05, 4.69) is 24.5 Å². The van der Waals surface area contributed by atoms with Gasteiger partial charge in [0.15, 0.2) is 0 Å². The number of rotatable bonds is 9. The fraction of sp³-hybridized carbons (Fsp3) is 0.917. The van der Waals surface area contributed by atoms with E-state index in [1.165, 1.54) is 0 Å². The van der Waals surface area contributed by atoms with E-state index in [4.69, 9.17) is 18.9 Å². The van der Waals surface area contributed by atoms with Crippen LogP contribution in [0.15, 0.2) is 0 Å². The Hall–Kier alpha value is -0.660. The number of ether oxygens (including phenoxy) is 2. The molecule has 21 heavy (non-hydrogen) atoms. The normalized spacial score (nSPS) is 21.2. The Bertz CT molecular complexity index is 336. The van der Waals surface area contributed by atoms with Gasteiger partial charge in [0.05, 0.1) is 19.3 Å². The molecule has 0 saturated carbocycles. The molecule has 1 unspecified atom stereocenters. The Kier molecular flexibility index (Phi) is 8.87. The summed E-state index contributed by atoms with van der Waals surface area (Å²) in [6.45, 7) is 6.35. The Labute approximate surface area is 125 Å². The standard InChI is InChI=1S/C12H25N2O6P/c1-9(2)5-13-6-11(20-21(16)17)7-14-12(15)19-10-3-4-18-8-10/h9-11,13,21H,3-8H2,1-2H3,(H,14,15)(H,16,17)/t10-,11+/m0/s1. The van der Waals surface area contributed by atoms with Crippen molar-refractivity contribution in [3.63, 3.8) is 0 Å². The summed E-state index contributed by atoms with van der Waals surface area (Å²) < 4.78 is 25.9. The molecule has 0 aromatic carbocycles. The van der Waals surface area contributed by atoms with Gasteiger partial charge in [-0.25, -0.2) is 4.79 Å². The second-order valence-corrected chi connectivity index (χ2v) is 6.10. The summed E-state index contributed by atoms with van der Waals surface area (Å²) in [6, 6.07) is 0. The van der Waals surface area contributed by atoms with Crippen LogP contribution in [0.1, 0.15) is 20.3 Å². The molecule has 1 saturated heterocycles. The zero-order chi connectivity index (χ0) is 15.7. The van der Waals surface area contributed by atoms with Crippen molar-refractivity contribution in [3.8, 4) is 0 Å². The number of alkyl carbamates (subject to hydrolysis) is 1. The maximum atomic E-state index is 11.6. The van der Waals surface area contributed by atoms with Crippen molar-refractivity contribution in [2.75, 3.05) is 32.8 Å². The lowest BCUT2D eigenvalue weighted by Crippen LogP contribution is -2.40. The molecule has 0 aromatic rings. The van der Waals surface area contributed by atoms with Crippen LogP contribution in [-0.4, -0.2) is 56.0 Å². The minimum Gasteiger partial charge on any atom is -0.444 e. The molecule has 9 heteroatoms. The molecule has 0 aliphatic carbocycles. The summed E-state index contributed by atoms with van der Waals surface area (Å²) in [5.41, 5.74) is 0. The van der Waals surface area contributed by atoms with Gasteiger partial charge in [-0.1, -0.05) is 13.8 Å². The first-order valence-corrected chi connectivity index (χ1v) is 8.36. The molecular formula is C12H25N2O6P. The van der Waals surface area contributed by atoms with Crippen LogP contribution in [0.2, 0.25) is 0 Å². The van der Waals surface area contributed by atoms with Gasteiger partial charge in [-0.3, -0.25) is 4.57 Å². The molecule has 1 fully saturated rings. The Balaban J connectivity index is 2.26. The molecule has 0 spiro atoms. The van der Waals surface area contributed by atoms with Crippen LogP contribution in [-0.2, 0) is 18.6 Å². The van der Waals surface area contributed by atoms with Crippen molar-refractivity contribution in [2.24, 2.45) is 5.92 Å². The van der Waals surface area contributed by atoms with Crippen LogP contribution >= 0.6 is 8.25 Å². The fourth-order valence-electron chi connectivity index (χ4n) is 1.83. The quantitative estimate of drug-likeness (QED) is 0.531. The van der Waals surface area contributed by atoms with Gasteiger partial charge in [-0.2, -0.15) is 0 Å². The van der Waals surface area contributed by atoms with Gasteiger partial charge in [-0.05, 0) is 12.5 Å². The van der Waals surface area contributed by atoms with E-state index in [-0.39, 0.29) is 12.6 Å². The van der Waals surface area contributed by atoms with Crippen LogP contribution in [0.25, 0.3) is 0 Å². The van der Waals surface area contributed by atoms with Gasteiger partial charge in [0.1, 0.15) is 6.10 Å². The average molecular weight is 324 g/mol. The highest BCUT2D eigenvalue weighted by atomic mass is 31.1. The Morgan fingerprint density at radius 3 is 2.76 bits per heavy atom. The number of carbonyl (C=O) groups excluding carboxylic acids is 1. The van der Waals surface area contributed by atoms with Crippen LogP contribution < -0.4 is 10.6 Å². The summed E-state index contributed by atoms with van der Waals surface area (Å²) in [5, 5.41) is 5.65. The number of carbonyl (C=O) groups is 1. The molecule has 1 aliphatic rings. The zero-order valence-electron chi connectivity index (χ0n) is 12.5. The van der Waals surface area contributed by atoms with Crippen LogP contribution in [0, 0.1) is 5.92 Å². The van der Waals surface area contributed by atoms with Crippen LogP contribution in [0.5, 0.6) is 0 Å². The summed E-state index contributed by atoms with van der Waals surface area (Å²) in [7, 11) is -3.05. The lowest BCUT2D eigenvalue weighted by Gasteiger charge is -2.19. The van der Waals surface area contributed by atoms with Gasteiger partial charge in [0.25, 0.3) is 0 Å². The average Bonchev–Trinajstić information content (AvgIpc) is 2.87. The lowest BCUT2D eigenvalue weighted by atomic mass is 10.2. The molecule has 1 amide bonds. The highest BCUT2D eigenvalue weighted by Gasteiger charge is 2.20. The first-order chi connectivity index (χ1) is 9.97. The van der Waals surface area contributed by atoms with Crippen molar-refractivity contribution in [1.82, 2.24) is 10.6 Å². The van der Waals surface area contributed by atoms with E-state index in [1.807, 2.05) is 0 Å². The molecule has 3 atom stereocenters. The van der Waals surface area contributed by atoms with Gasteiger partial charge in [0, 0.05) is 19.5 Å². The summed E-state index contributed by atoms with van der Waals surface area (Å²) in [6.07, 6.45) is -0.679. The number of hydrogen-bond acceptors (Lipinski definition) is 6. The molecule has 0 radical (unpaired) electrons. The van der Waals surface area contributed by atoms with Crippen molar-refractivity contribution in [1.29, 1.82) is 0 Å². The van der Waals surface area contributed by atoms with E-state index in [0.717, 1.165) is 6.54 Å². The van der Waals surface area contributed by atoms with Crippen LogP contribution in [0.3, 0.4) is 0 Å². The van der Waals surface area contributed by atoms with Gasteiger partial charge < -0.3 is 29.5 Å². The Morgan fingerprint density at radius 1 is 1.43 bits per heavy atom. The smallest absolute Gasteiger partial charge is 0.407 e. The topological polar surface area (TPSA) is 106 Å². The first kappa shape index (κ1) is 18.4. The number of nitrogens with one attached hydrogen (secondary N) is 2. The van der Waals surface area contributed by atoms with Gasteiger partial charge >= 0.3 is 14.3 Å². The van der Waals surface area contributed by atoms with Crippen molar-refractivity contribution in [3.05, 3.63) is 0 Å². The van der Waals surface area contributed by atoms with E-state index < -0.39 is 20.5 Å². The number of amides is 1. The Morgan fingerprint density at radius 2 is 2.19 bits per heavy atom. The summed E-state index contributed by atoms with van der Waals surface area (Å²) >= 11 is 0. The molecule has 8 nitrogen and oxygen atoms in total. The predicted octanol–water partition coefficient (Wildman–Crippen LogP) is 0.514. The maximum absolute atomic E-state index is 11.6. The second kappa shape index (κ2) is 10.1. The number of hydrogen-bond donors (Lipinski definition) is 3. The maximum Gasteiger partial charge on any atom is 0.407 e. The highest BCUT2D eigenvalue weighted by Crippen LogP contribution is 2.17. The van der Waals surface area contributed by atoms with Gasteiger partial charge in [-0.15, -0.1) is 0 Å². The third-order valence-electron chi connectivity index (χ3n) is 2.83. The van der Waals surface area contributed by atoms with Crippen molar-refractivity contribution < 1.29 is 28.3 Å². The van der Waals surface area contributed by atoms with Crippen molar-refractivity contribution >= 4 is 14.3 Å². The minimum atomic E-state index is -3.05. The second-order valence-electron chi connectivity index (χ2n) is 5.33. The lowest BCUT2D eigenvalue weighted by molar-refractivity contribution is 0.0796. The fourth-order valence-corrected chi connectivity index (χ4v) is 2.28. The van der Waals surface area contributed by atoms with Crippen molar-refractivity contribution in [2.45, 2.75) is 32.5 Å². The van der Waals surface area contributed by atoms with Gasteiger partial charge in [0.2, 0.25) is 0 Å². The summed E-state index contributed by atoms with van der Waals surface area (Å²) in [4.78, 5) is 20.4. The SMILES string of the molecule is CC(C)CNC[C@H](CNC(=O)O[C@H]1CCOC1)O[PH](=O)O. The molecule has 1 heterocycles. The molecule has 1 aliphatic heterocycles. The first-order valence-electron chi connectivity index (χ1n) is 7.10. The molecule has 124 valence electrons. The largest absolute Gasteiger partial charge is 0.444 e. The molecular weight excluding hydrogens is 299 g/mol. The molecule has 0 aromatic heterocycles. The van der Waals surface area contributed by atoms with Crippen LogP contribution in [0.4, 0.5) is 4.79 Å². The highest BCUT2D eigenvalue weighted by molar-refractivity contribution is 7.32. The zero-order valence-corrected chi connectivity index (χ0v) is 13.5. The minimum absolute atomic E-state index is 0.106. The summed E-state index contributed by atoms with van der Waals surface area (Å²) in [5.74, 6) is 0.456. The van der Waals surface area contributed by atoms with E-state index in [1.54, 1.807) is 0 Å². The molecule has 0 bridgehead atoms. The van der Waals surface area contributed by atoms with E-state index in [9.17, 15) is 9.36 Å². The molecule has 3 N–H and O–H groups in total. The molecule has 1 rings (SSSR count). The predicted molar refractivity (Wildman–Crippen MR) is 77.5 cm³/mol.